The van der Waals surface area contributed by atoms with Crippen molar-refractivity contribution in [2.75, 3.05) is 26.2 Å². The van der Waals surface area contributed by atoms with Crippen LogP contribution in [0.5, 0.6) is 0 Å². The van der Waals surface area contributed by atoms with E-state index < -0.39 is 5.79 Å². The molecule has 1 atom stereocenters. The summed E-state index contributed by atoms with van der Waals surface area (Å²) in [5.41, 5.74) is 4.00. The van der Waals surface area contributed by atoms with Crippen molar-refractivity contribution in [1.82, 2.24) is 9.80 Å². The molecule has 0 bridgehead atoms. The third-order valence-electron chi connectivity index (χ3n) is 6.69. The van der Waals surface area contributed by atoms with Gasteiger partial charge in [0.05, 0.1) is 6.04 Å². The van der Waals surface area contributed by atoms with Gasteiger partial charge in [0, 0.05) is 52.1 Å². The molecule has 1 fully saturated rings. The molecule has 1 aliphatic carbocycles. The fourth-order valence-electron chi connectivity index (χ4n) is 4.78. The van der Waals surface area contributed by atoms with Gasteiger partial charge in [-0.25, -0.2) is 0 Å². The summed E-state index contributed by atoms with van der Waals surface area (Å²) in [6.45, 7) is 8.20. The fraction of sp³-hybridized carbons (Fsp3) is 0.357. The van der Waals surface area contributed by atoms with Crippen LogP contribution in [0.3, 0.4) is 0 Å². The van der Waals surface area contributed by atoms with Crippen molar-refractivity contribution in [2.45, 2.75) is 38.5 Å². The van der Waals surface area contributed by atoms with Crippen LogP contribution in [0, 0.1) is 0 Å². The Labute approximate surface area is 191 Å². The first-order valence-electron chi connectivity index (χ1n) is 11.7. The van der Waals surface area contributed by atoms with Gasteiger partial charge in [0.1, 0.15) is 5.76 Å². The molecule has 1 saturated heterocycles. The third kappa shape index (κ3) is 4.33. The molecular weight excluding hydrogens is 396 g/mol. The fourth-order valence-corrected chi connectivity index (χ4v) is 4.78. The lowest BCUT2D eigenvalue weighted by molar-refractivity contribution is -0.138. The van der Waals surface area contributed by atoms with Crippen molar-refractivity contribution in [3.8, 4) is 0 Å². The molecule has 0 radical (unpaired) electrons. The monoisotopic (exact) mass is 428 g/mol. The van der Waals surface area contributed by atoms with E-state index in [9.17, 15) is 0 Å². The molecule has 3 aliphatic rings. The van der Waals surface area contributed by atoms with E-state index in [4.69, 9.17) is 9.47 Å². The third-order valence-corrected chi connectivity index (χ3v) is 6.69. The number of allylic oxidation sites excluding steroid dienone is 3. The Morgan fingerprint density at radius 3 is 2.09 bits per heavy atom. The molecule has 4 nitrogen and oxygen atoms in total. The Morgan fingerprint density at radius 2 is 1.50 bits per heavy atom. The Kier molecular flexibility index (Phi) is 5.79. The summed E-state index contributed by atoms with van der Waals surface area (Å²) in [6, 6.07) is 22.0. The molecule has 2 aromatic carbocycles. The lowest BCUT2D eigenvalue weighted by atomic mass is 9.96. The summed E-state index contributed by atoms with van der Waals surface area (Å²) >= 11 is 0. The zero-order valence-electron chi connectivity index (χ0n) is 19.0. The first kappa shape index (κ1) is 20.9. The summed E-state index contributed by atoms with van der Waals surface area (Å²) in [5, 5.41) is 0. The lowest BCUT2D eigenvalue weighted by Crippen LogP contribution is -2.46. The lowest BCUT2D eigenvalue weighted by Gasteiger charge is -2.39. The van der Waals surface area contributed by atoms with Crippen LogP contribution >= 0.6 is 0 Å². The number of hydrogen-bond acceptors (Lipinski definition) is 4. The van der Waals surface area contributed by atoms with Crippen molar-refractivity contribution in [1.29, 1.82) is 0 Å². The molecule has 5 rings (SSSR count). The quantitative estimate of drug-likeness (QED) is 0.617. The number of nitrogens with zero attached hydrogens (tertiary/aromatic N) is 2. The summed E-state index contributed by atoms with van der Waals surface area (Å²) in [6.07, 6.45) is 8.18. The highest BCUT2D eigenvalue weighted by Crippen LogP contribution is 2.39. The first-order valence-corrected chi connectivity index (χ1v) is 11.7. The normalized spacial score (nSPS) is 24.6. The minimum absolute atomic E-state index is 0.297. The second-order valence-corrected chi connectivity index (χ2v) is 8.99. The Bertz CT molecular complexity index is 980. The van der Waals surface area contributed by atoms with E-state index in [2.05, 4.69) is 95.7 Å². The smallest absolute Gasteiger partial charge is 0.248 e. The van der Waals surface area contributed by atoms with Gasteiger partial charge in [0.15, 0.2) is 5.76 Å². The van der Waals surface area contributed by atoms with Gasteiger partial charge in [0.2, 0.25) is 5.79 Å². The number of hydrogen-bond donors (Lipinski definition) is 0. The minimum atomic E-state index is -0.514. The van der Waals surface area contributed by atoms with Gasteiger partial charge < -0.3 is 14.4 Å². The largest absolute Gasteiger partial charge is 0.453 e. The van der Waals surface area contributed by atoms with Crippen molar-refractivity contribution < 1.29 is 9.47 Å². The van der Waals surface area contributed by atoms with Crippen LogP contribution in [0.4, 0.5) is 0 Å². The molecule has 166 valence electrons. The van der Waals surface area contributed by atoms with Crippen LogP contribution in [0.1, 0.15) is 43.9 Å². The molecule has 2 heterocycles. The summed E-state index contributed by atoms with van der Waals surface area (Å²) in [5.74, 6) is 1.35. The van der Waals surface area contributed by atoms with Crippen LogP contribution in [0.25, 0.3) is 0 Å². The van der Waals surface area contributed by atoms with E-state index in [0.717, 1.165) is 50.5 Å². The molecule has 2 aromatic rings. The standard InChI is InChI=1S/C28H32N2O2/c1-3-28(2)31-25-15-14-22(20-26(25)32-28)21-29-16-18-30(19-17-29)27(23-10-6-4-7-11-23)24-12-8-5-9-13-24/h4-15,21,27H,3,16-20H2,1-2H3. The van der Waals surface area contributed by atoms with E-state index in [-0.39, 0.29) is 0 Å². The molecule has 1 unspecified atom stereocenters. The zero-order chi connectivity index (χ0) is 22.0. The van der Waals surface area contributed by atoms with E-state index in [1.807, 2.05) is 6.92 Å². The molecule has 32 heavy (non-hydrogen) atoms. The zero-order valence-corrected chi connectivity index (χ0v) is 19.0. The highest BCUT2D eigenvalue weighted by molar-refractivity contribution is 5.37. The molecule has 0 aromatic heterocycles. The molecule has 0 saturated carbocycles. The molecule has 0 N–H and O–H groups in total. The topological polar surface area (TPSA) is 24.9 Å². The number of rotatable bonds is 5. The second-order valence-electron chi connectivity index (χ2n) is 8.99. The van der Waals surface area contributed by atoms with Gasteiger partial charge in [-0.2, -0.15) is 0 Å². The number of benzene rings is 2. The van der Waals surface area contributed by atoms with E-state index in [1.54, 1.807) is 0 Å². The predicted octanol–water partition coefficient (Wildman–Crippen LogP) is 5.62. The minimum Gasteiger partial charge on any atom is -0.453 e. The molecule has 0 amide bonds. The van der Waals surface area contributed by atoms with Crippen molar-refractivity contribution in [3.63, 3.8) is 0 Å². The number of piperazine rings is 1. The van der Waals surface area contributed by atoms with Gasteiger partial charge in [-0.1, -0.05) is 73.7 Å². The van der Waals surface area contributed by atoms with Gasteiger partial charge in [-0.05, 0) is 22.8 Å². The van der Waals surface area contributed by atoms with E-state index in [1.165, 1.54) is 16.7 Å². The summed E-state index contributed by atoms with van der Waals surface area (Å²) in [4.78, 5) is 5.06. The van der Waals surface area contributed by atoms with Crippen LogP contribution in [0.2, 0.25) is 0 Å². The molecular formula is C28H32N2O2. The van der Waals surface area contributed by atoms with Crippen LogP contribution in [-0.4, -0.2) is 41.8 Å². The average molecular weight is 429 g/mol. The maximum absolute atomic E-state index is 6.11. The van der Waals surface area contributed by atoms with Crippen molar-refractivity contribution in [3.05, 3.63) is 107 Å². The predicted molar refractivity (Wildman–Crippen MR) is 128 cm³/mol. The van der Waals surface area contributed by atoms with Gasteiger partial charge in [-0.3, -0.25) is 4.90 Å². The van der Waals surface area contributed by atoms with Crippen LogP contribution in [-0.2, 0) is 9.47 Å². The Hall–Kier alpha value is -2.98. The van der Waals surface area contributed by atoms with E-state index in [0.29, 0.717) is 6.04 Å². The first-order chi connectivity index (χ1) is 15.6. The average Bonchev–Trinajstić information content (AvgIpc) is 3.18. The van der Waals surface area contributed by atoms with Gasteiger partial charge in [0.25, 0.3) is 0 Å². The van der Waals surface area contributed by atoms with Gasteiger partial charge in [-0.15, -0.1) is 0 Å². The summed E-state index contributed by atoms with van der Waals surface area (Å²) in [7, 11) is 0. The van der Waals surface area contributed by atoms with E-state index >= 15 is 0 Å². The Balaban J connectivity index is 1.25. The number of ether oxygens (including phenoxy) is 2. The molecule has 2 aliphatic heterocycles. The van der Waals surface area contributed by atoms with Crippen LogP contribution in [0.15, 0.2) is 96.1 Å². The van der Waals surface area contributed by atoms with Crippen LogP contribution < -0.4 is 0 Å². The Morgan fingerprint density at radius 1 is 0.875 bits per heavy atom. The second kappa shape index (κ2) is 8.87. The summed E-state index contributed by atoms with van der Waals surface area (Å²) < 4.78 is 12.1. The van der Waals surface area contributed by atoms with Crippen molar-refractivity contribution in [2.24, 2.45) is 0 Å². The molecule has 4 heteroatoms. The highest BCUT2D eigenvalue weighted by atomic mass is 16.7. The van der Waals surface area contributed by atoms with Crippen molar-refractivity contribution >= 4 is 0 Å². The maximum Gasteiger partial charge on any atom is 0.248 e. The highest BCUT2D eigenvalue weighted by Gasteiger charge is 2.37. The SMILES string of the molecule is CCC1(C)OC2=C(CC(=CN3CCN(C(c4ccccc4)c4ccccc4)CC3)C=C2)O1. The van der Waals surface area contributed by atoms with Gasteiger partial charge >= 0.3 is 0 Å². The molecule has 0 spiro atoms. The maximum atomic E-state index is 6.11.